The lowest BCUT2D eigenvalue weighted by Gasteiger charge is -2.17. The highest BCUT2D eigenvalue weighted by Crippen LogP contribution is 2.50. The molecule has 1 heterocycles. The topological polar surface area (TPSA) is 20.3 Å². The Kier molecular flexibility index (Phi) is 2.47. The number of halogens is 2. The smallest absolute Gasteiger partial charge is 0.260 e. The minimum Gasteiger partial charge on any atom is -0.342 e. The summed E-state index contributed by atoms with van der Waals surface area (Å²) in [6.45, 7) is 5.56. The molecule has 0 aromatic heterocycles. The summed E-state index contributed by atoms with van der Waals surface area (Å²) in [5, 5.41) is 0. The second-order valence-corrected chi connectivity index (χ2v) is 5.09. The fourth-order valence-electron chi connectivity index (χ4n) is 2.23. The molecule has 1 saturated carbocycles. The maximum atomic E-state index is 12.7. The molecule has 1 aliphatic heterocycles. The number of amides is 1. The van der Waals surface area contributed by atoms with E-state index in [1.54, 1.807) is 4.90 Å². The molecular weight excluding hydrogens is 200 g/mol. The molecule has 0 bridgehead atoms. The van der Waals surface area contributed by atoms with Gasteiger partial charge >= 0.3 is 0 Å². The van der Waals surface area contributed by atoms with Gasteiger partial charge in [-0.2, -0.15) is 0 Å². The van der Waals surface area contributed by atoms with E-state index in [9.17, 15) is 13.6 Å². The van der Waals surface area contributed by atoms with Gasteiger partial charge in [-0.3, -0.25) is 4.79 Å². The monoisotopic (exact) mass is 217 g/mol. The Hall–Kier alpha value is -0.670. The molecule has 0 radical (unpaired) electrons. The lowest BCUT2D eigenvalue weighted by molar-refractivity contribution is -0.133. The highest BCUT2D eigenvalue weighted by atomic mass is 19.3. The van der Waals surface area contributed by atoms with Gasteiger partial charge in [0, 0.05) is 19.5 Å². The van der Waals surface area contributed by atoms with Gasteiger partial charge in [0.05, 0.1) is 0 Å². The molecule has 0 spiro atoms. The number of rotatable bonds is 2. The first-order valence-electron chi connectivity index (χ1n) is 5.58. The van der Waals surface area contributed by atoms with E-state index in [1.807, 2.05) is 0 Å². The molecule has 15 heavy (non-hydrogen) atoms. The van der Waals surface area contributed by atoms with Gasteiger partial charge < -0.3 is 4.90 Å². The van der Waals surface area contributed by atoms with Gasteiger partial charge in [0.25, 0.3) is 5.92 Å². The lowest BCUT2D eigenvalue weighted by atomic mass is 9.95. The van der Waals surface area contributed by atoms with Crippen molar-refractivity contribution in [1.29, 1.82) is 0 Å². The number of carbonyl (C=O) groups excluding carboxylic acids is 1. The second kappa shape index (κ2) is 3.42. The van der Waals surface area contributed by atoms with E-state index in [0.29, 0.717) is 24.9 Å². The molecule has 1 aliphatic carbocycles. The summed E-state index contributed by atoms with van der Waals surface area (Å²) in [6.07, 6.45) is 0.719. The van der Waals surface area contributed by atoms with E-state index in [0.717, 1.165) is 6.42 Å². The first-order chi connectivity index (χ1) is 6.92. The average molecular weight is 217 g/mol. The maximum Gasteiger partial charge on any atom is 0.260 e. The normalized spacial score (nSPS) is 33.5. The summed E-state index contributed by atoms with van der Waals surface area (Å²) < 4.78 is 25.4. The molecule has 1 saturated heterocycles. The predicted molar refractivity (Wildman–Crippen MR) is 52.6 cm³/mol. The SMILES string of the molecule is CC(C)C1CCN(C(=O)C2CC2(F)F)C1. The Morgan fingerprint density at radius 2 is 2.07 bits per heavy atom. The van der Waals surface area contributed by atoms with Crippen LogP contribution in [0.25, 0.3) is 0 Å². The summed E-state index contributed by atoms with van der Waals surface area (Å²) in [4.78, 5) is 13.3. The molecule has 0 aromatic carbocycles. The van der Waals surface area contributed by atoms with E-state index in [1.165, 1.54) is 0 Å². The molecule has 2 unspecified atom stereocenters. The van der Waals surface area contributed by atoms with Crippen molar-refractivity contribution in [2.75, 3.05) is 13.1 Å². The van der Waals surface area contributed by atoms with Gasteiger partial charge in [-0.25, -0.2) is 8.78 Å². The van der Waals surface area contributed by atoms with Crippen LogP contribution in [0.2, 0.25) is 0 Å². The minimum absolute atomic E-state index is 0.241. The second-order valence-electron chi connectivity index (χ2n) is 5.09. The van der Waals surface area contributed by atoms with Crippen LogP contribution in [0.15, 0.2) is 0 Å². The van der Waals surface area contributed by atoms with Gasteiger partial charge in [-0.05, 0) is 18.3 Å². The van der Waals surface area contributed by atoms with Crippen molar-refractivity contribution >= 4 is 5.91 Å². The quantitative estimate of drug-likeness (QED) is 0.694. The van der Waals surface area contributed by atoms with Crippen LogP contribution in [0, 0.1) is 17.8 Å². The average Bonchev–Trinajstić information content (AvgIpc) is 2.65. The Balaban J connectivity index is 1.89. The Labute approximate surface area is 88.6 Å². The van der Waals surface area contributed by atoms with E-state index in [-0.39, 0.29) is 12.3 Å². The van der Waals surface area contributed by atoms with Crippen LogP contribution in [-0.2, 0) is 4.79 Å². The Bertz CT molecular complexity index is 278. The van der Waals surface area contributed by atoms with Crippen molar-refractivity contribution in [2.24, 2.45) is 17.8 Å². The van der Waals surface area contributed by atoms with E-state index < -0.39 is 11.8 Å². The number of carbonyl (C=O) groups is 1. The van der Waals surface area contributed by atoms with Gasteiger partial charge in [0.2, 0.25) is 5.91 Å². The van der Waals surface area contributed by atoms with Crippen molar-refractivity contribution in [3.63, 3.8) is 0 Å². The lowest BCUT2D eigenvalue weighted by Crippen LogP contribution is -2.32. The molecule has 0 aromatic rings. The van der Waals surface area contributed by atoms with Crippen LogP contribution in [0.4, 0.5) is 8.78 Å². The van der Waals surface area contributed by atoms with Crippen LogP contribution in [0.1, 0.15) is 26.7 Å². The molecule has 2 fully saturated rings. The van der Waals surface area contributed by atoms with Crippen LogP contribution in [0.3, 0.4) is 0 Å². The number of likely N-dealkylation sites (tertiary alicyclic amines) is 1. The molecule has 2 atom stereocenters. The minimum atomic E-state index is -2.72. The molecule has 1 amide bonds. The highest BCUT2D eigenvalue weighted by molar-refractivity contribution is 5.83. The first kappa shape index (κ1) is 10.8. The van der Waals surface area contributed by atoms with Crippen LogP contribution < -0.4 is 0 Å². The van der Waals surface area contributed by atoms with Crippen molar-refractivity contribution in [1.82, 2.24) is 4.90 Å². The number of nitrogens with zero attached hydrogens (tertiary/aromatic N) is 1. The largest absolute Gasteiger partial charge is 0.342 e. The van der Waals surface area contributed by atoms with Gasteiger partial charge in [-0.1, -0.05) is 13.8 Å². The fraction of sp³-hybridized carbons (Fsp3) is 0.909. The molecular formula is C11H17F2NO. The zero-order valence-electron chi connectivity index (χ0n) is 9.17. The van der Waals surface area contributed by atoms with Crippen molar-refractivity contribution < 1.29 is 13.6 Å². The van der Waals surface area contributed by atoms with E-state index in [2.05, 4.69) is 13.8 Å². The summed E-state index contributed by atoms with van der Waals surface area (Å²) >= 11 is 0. The summed E-state index contributed by atoms with van der Waals surface area (Å²) in [6, 6.07) is 0. The Morgan fingerprint density at radius 3 is 2.47 bits per heavy atom. The van der Waals surface area contributed by atoms with Crippen molar-refractivity contribution in [3.8, 4) is 0 Å². The van der Waals surface area contributed by atoms with Gasteiger partial charge in [0.15, 0.2) is 0 Å². The highest BCUT2D eigenvalue weighted by Gasteiger charge is 2.62. The third-order valence-electron chi connectivity index (χ3n) is 3.60. The third-order valence-corrected chi connectivity index (χ3v) is 3.60. The molecule has 2 nitrogen and oxygen atoms in total. The van der Waals surface area contributed by atoms with Crippen LogP contribution in [-0.4, -0.2) is 29.8 Å². The zero-order valence-corrected chi connectivity index (χ0v) is 9.17. The number of hydrogen-bond donors (Lipinski definition) is 0. The first-order valence-corrected chi connectivity index (χ1v) is 5.58. The Morgan fingerprint density at radius 1 is 1.47 bits per heavy atom. The summed E-state index contributed by atoms with van der Waals surface area (Å²) in [5.41, 5.74) is 0. The third kappa shape index (κ3) is 1.99. The summed E-state index contributed by atoms with van der Waals surface area (Å²) in [7, 11) is 0. The standard InChI is InChI=1S/C11H17F2NO/c1-7(2)8-3-4-14(6-8)10(15)9-5-11(9,12)13/h7-9H,3-6H2,1-2H3. The molecule has 0 N–H and O–H groups in total. The predicted octanol–water partition coefficient (Wildman–Crippen LogP) is 2.15. The number of alkyl halides is 2. The van der Waals surface area contributed by atoms with Crippen LogP contribution >= 0.6 is 0 Å². The van der Waals surface area contributed by atoms with Crippen LogP contribution in [0.5, 0.6) is 0 Å². The maximum absolute atomic E-state index is 12.7. The van der Waals surface area contributed by atoms with Crippen molar-refractivity contribution in [2.45, 2.75) is 32.6 Å². The molecule has 4 heteroatoms. The molecule has 86 valence electrons. The fourth-order valence-corrected chi connectivity index (χ4v) is 2.23. The van der Waals surface area contributed by atoms with E-state index in [4.69, 9.17) is 0 Å². The summed E-state index contributed by atoms with van der Waals surface area (Å²) in [5.74, 6) is -3.04. The van der Waals surface area contributed by atoms with Crippen molar-refractivity contribution in [3.05, 3.63) is 0 Å². The van der Waals surface area contributed by atoms with Gasteiger partial charge in [0.1, 0.15) is 5.92 Å². The molecule has 2 aliphatic rings. The van der Waals surface area contributed by atoms with Gasteiger partial charge in [-0.15, -0.1) is 0 Å². The zero-order chi connectivity index (χ0) is 11.2. The van der Waals surface area contributed by atoms with E-state index >= 15 is 0 Å². The molecule has 2 rings (SSSR count). The number of hydrogen-bond acceptors (Lipinski definition) is 1.